The minimum atomic E-state index is -0.508. The number of hydrogen-bond acceptors (Lipinski definition) is 4. The summed E-state index contributed by atoms with van der Waals surface area (Å²) in [7, 11) is 0. The number of rotatable bonds is 4. The molecule has 5 heteroatoms. The van der Waals surface area contributed by atoms with E-state index < -0.39 is 5.97 Å². The van der Waals surface area contributed by atoms with Crippen LogP contribution in [0.1, 0.15) is 28.7 Å². The summed E-state index contributed by atoms with van der Waals surface area (Å²) in [4.78, 5) is 11.4. The van der Waals surface area contributed by atoms with Crippen LogP contribution in [0.2, 0.25) is 0 Å². The Hall–Kier alpha value is -2.17. The Kier molecular flexibility index (Phi) is 3.72. The highest BCUT2D eigenvalue weighted by Crippen LogP contribution is 2.12. The van der Waals surface area contributed by atoms with E-state index in [-0.39, 0.29) is 11.5 Å². The first kappa shape index (κ1) is 12.3. The molecule has 1 heterocycles. The summed E-state index contributed by atoms with van der Waals surface area (Å²) in [5.41, 5.74) is 1.02. The Morgan fingerprint density at radius 3 is 2.78 bits per heavy atom. The van der Waals surface area contributed by atoms with Gasteiger partial charge in [-0.2, -0.15) is 0 Å². The van der Waals surface area contributed by atoms with E-state index in [0.29, 0.717) is 18.8 Å². The van der Waals surface area contributed by atoms with Gasteiger partial charge >= 0.3 is 5.97 Å². The molecule has 0 aliphatic carbocycles. The van der Waals surface area contributed by atoms with E-state index in [1.165, 1.54) is 18.2 Å². The molecule has 0 atom stereocenters. The number of ether oxygens (including phenoxy) is 1. The first-order valence-corrected chi connectivity index (χ1v) is 5.56. The van der Waals surface area contributed by atoms with Crippen LogP contribution < -0.4 is 0 Å². The minimum absolute atomic E-state index is 0.147. The van der Waals surface area contributed by atoms with Crippen LogP contribution >= 0.6 is 0 Å². The van der Waals surface area contributed by atoms with Crippen LogP contribution in [-0.2, 0) is 11.2 Å². The maximum atomic E-state index is 12.7. The van der Waals surface area contributed by atoms with Gasteiger partial charge in [-0.3, -0.25) is 0 Å². The number of aromatic nitrogens is 1. The van der Waals surface area contributed by atoms with Gasteiger partial charge < -0.3 is 9.26 Å². The van der Waals surface area contributed by atoms with Crippen molar-refractivity contribution in [3.8, 4) is 0 Å². The largest absolute Gasteiger partial charge is 0.461 e. The molecule has 2 aromatic rings. The average molecular weight is 249 g/mol. The number of halogens is 1. The molecule has 0 saturated heterocycles. The molecule has 0 saturated carbocycles. The van der Waals surface area contributed by atoms with Gasteiger partial charge in [-0.1, -0.05) is 17.3 Å². The summed E-state index contributed by atoms with van der Waals surface area (Å²) in [5, 5.41) is 3.62. The van der Waals surface area contributed by atoms with E-state index in [1.54, 1.807) is 19.1 Å². The number of nitrogens with zero attached hydrogens (tertiary/aromatic N) is 1. The fourth-order valence-corrected chi connectivity index (χ4v) is 1.50. The standard InChI is InChI=1S/C13H12FNO3/c1-2-17-13(16)12-8-11(18-15-12)7-9-3-5-10(14)6-4-9/h3-6,8H,2,7H2,1H3. The van der Waals surface area contributed by atoms with E-state index in [1.807, 2.05) is 0 Å². The molecule has 0 aliphatic rings. The summed E-state index contributed by atoms with van der Waals surface area (Å²) in [6.45, 7) is 2.01. The van der Waals surface area contributed by atoms with Gasteiger partial charge in [0.1, 0.15) is 11.6 Å². The van der Waals surface area contributed by atoms with E-state index in [9.17, 15) is 9.18 Å². The van der Waals surface area contributed by atoms with Gasteiger partial charge in [-0.25, -0.2) is 9.18 Å². The summed E-state index contributed by atoms with van der Waals surface area (Å²) >= 11 is 0. The summed E-state index contributed by atoms with van der Waals surface area (Å²) in [6.07, 6.45) is 0.451. The molecule has 0 N–H and O–H groups in total. The molecular formula is C13H12FNO3. The summed E-state index contributed by atoms with van der Waals surface area (Å²) < 4.78 is 22.5. The normalized spacial score (nSPS) is 10.3. The number of hydrogen-bond donors (Lipinski definition) is 0. The summed E-state index contributed by atoms with van der Waals surface area (Å²) in [6, 6.07) is 7.58. The zero-order valence-electron chi connectivity index (χ0n) is 9.85. The Morgan fingerprint density at radius 1 is 1.39 bits per heavy atom. The Labute approximate surface area is 103 Å². The van der Waals surface area contributed by atoms with E-state index >= 15 is 0 Å². The molecule has 0 fully saturated rings. The Balaban J connectivity index is 2.06. The van der Waals surface area contributed by atoms with Gasteiger partial charge in [0.05, 0.1) is 6.61 Å². The molecule has 0 bridgehead atoms. The van der Waals surface area contributed by atoms with Crippen molar-refractivity contribution in [3.05, 3.63) is 53.2 Å². The molecule has 0 radical (unpaired) electrons. The molecule has 4 nitrogen and oxygen atoms in total. The van der Waals surface area contributed by atoms with Gasteiger partial charge in [-0.15, -0.1) is 0 Å². The second-order valence-electron chi connectivity index (χ2n) is 3.70. The van der Waals surface area contributed by atoms with Gasteiger partial charge in [0.2, 0.25) is 0 Å². The minimum Gasteiger partial charge on any atom is -0.461 e. The maximum absolute atomic E-state index is 12.7. The van der Waals surface area contributed by atoms with Crippen LogP contribution in [0.15, 0.2) is 34.9 Å². The van der Waals surface area contributed by atoms with E-state index in [2.05, 4.69) is 5.16 Å². The topological polar surface area (TPSA) is 52.3 Å². The maximum Gasteiger partial charge on any atom is 0.360 e. The van der Waals surface area contributed by atoms with E-state index in [4.69, 9.17) is 9.26 Å². The zero-order valence-corrected chi connectivity index (χ0v) is 9.85. The van der Waals surface area contributed by atoms with E-state index in [0.717, 1.165) is 5.56 Å². The van der Waals surface area contributed by atoms with Crippen molar-refractivity contribution in [1.29, 1.82) is 0 Å². The molecule has 2 rings (SSSR count). The third-order valence-electron chi connectivity index (χ3n) is 2.34. The van der Waals surface area contributed by atoms with Crippen LogP contribution in [-0.4, -0.2) is 17.7 Å². The zero-order chi connectivity index (χ0) is 13.0. The van der Waals surface area contributed by atoms with Crippen LogP contribution in [0.4, 0.5) is 4.39 Å². The highest BCUT2D eigenvalue weighted by molar-refractivity contribution is 5.87. The van der Waals surface area contributed by atoms with Crippen LogP contribution in [0.5, 0.6) is 0 Å². The second kappa shape index (κ2) is 5.44. The highest BCUT2D eigenvalue weighted by Gasteiger charge is 2.13. The number of carbonyl (C=O) groups is 1. The van der Waals surface area contributed by atoms with Gasteiger partial charge in [-0.05, 0) is 24.6 Å². The highest BCUT2D eigenvalue weighted by atomic mass is 19.1. The molecule has 1 aromatic carbocycles. The first-order chi connectivity index (χ1) is 8.69. The smallest absolute Gasteiger partial charge is 0.360 e. The van der Waals surface area contributed by atoms with Crippen molar-refractivity contribution in [1.82, 2.24) is 5.16 Å². The number of esters is 1. The lowest BCUT2D eigenvalue weighted by Crippen LogP contribution is -2.04. The number of carbonyl (C=O) groups excluding carboxylic acids is 1. The summed E-state index contributed by atoms with van der Waals surface area (Å²) in [5.74, 6) is -0.264. The molecule has 0 amide bonds. The quantitative estimate of drug-likeness (QED) is 0.781. The van der Waals surface area contributed by atoms with Crippen molar-refractivity contribution in [2.75, 3.05) is 6.61 Å². The van der Waals surface area contributed by atoms with Crippen molar-refractivity contribution >= 4 is 5.97 Å². The lowest BCUT2D eigenvalue weighted by atomic mass is 10.1. The SMILES string of the molecule is CCOC(=O)c1cc(Cc2ccc(F)cc2)on1. The molecule has 0 aliphatic heterocycles. The monoisotopic (exact) mass is 249 g/mol. The molecule has 18 heavy (non-hydrogen) atoms. The Bertz CT molecular complexity index is 533. The lowest BCUT2D eigenvalue weighted by molar-refractivity contribution is 0.0514. The van der Waals surface area contributed by atoms with Gasteiger partial charge in [0.25, 0.3) is 0 Å². The molecule has 94 valence electrons. The third kappa shape index (κ3) is 2.94. The third-order valence-corrected chi connectivity index (χ3v) is 2.34. The number of benzene rings is 1. The lowest BCUT2D eigenvalue weighted by Gasteiger charge is -1.96. The molecular weight excluding hydrogens is 237 g/mol. The van der Waals surface area contributed by atoms with Crippen LogP contribution in [0.25, 0.3) is 0 Å². The van der Waals surface area contributed by atoms with Crippen LogP contribution in [0, 0.1) is 5.82 Å². The molecule has 0 spiro atoms. The van der Waals surface area contributed by atoms with Gasteiger partial charge in [0.15, 0.2) is 5.69 Å². The Morgan fingerprint density at radius 2 is 2.11 bits per heavy atom. The first-order valence-electron chi connectivity index (χ1n) is 5.56. The predicted octanol–water partition coefficient (Wildman–Crippen LogP) is 2.58. The average Bonchev–Trinajstić information content (AvgIpc) is 2.81. The fraction of sp³-hybridized carbons (Fsp3) is 0.231. The van der Waals surface area contributed by atoms with Crippen molar-refractivity contribution in [3.63, 3.8) is 0 Å². The molecule has 1 aromatic heterocycles. The van der Waals surface area contributed by atoms with Gasteiger partial charge in [0, 0.05) is 12.5 Å². The van der Waals surface area contributed by atoms with Crippen molar-refractivity contribution in [2.45, 2.75) is 13.3 Å². The van der Waals surface area contributed by atoms with Crippen LogP contribution in [0.3, 0.4) is 0 Å². The second-order valence-corrected chi connectivity index (χ2v) is 3.70. The van der Waals surface area contributed by atoms with Crippen molar-refractivity contribution < 1.29 is 18.4 Å². The fourth-order valence-electron chi connectivity index (χ4n) is 1.50. The van der Waals surface area contributed by atoms with Crippen molar-refractivity contribution in [2.24, 2.45) is 0 Å². The molecule has 0 unspecified atom stereocenters. The predicted molar refractivity (Wildman–Crippen MR) is 61.7 cm³/mol.